The fourth-order valence-corrected chi connectivity index (χ4v) is 1.89. The summed E-state index contributed by atoms with van der Waals surface area (Å²) in [5, 5.41) is 3.20. The van der Waals surface area contributed by atoms with Crippen molar-refractivity contribution in [1.29, 1.82) is 0 Å². The van der Waals surface area contributed by atoms with E-state index in [0.717, 1.165) is 13.0 Å². The molecular formula is C8H17N3O. The normalized spacial score (nSPS) is 36.3. The molecule has 0 spiro atoms. The van der Waals surface area contributed by atoms with Crippen LogP contribution in [0.15, 0.2) is 0 Å². The van der Waals surface area contributed by atoms with Crippen LogP contribution in [0.25, 0.3) is 0 Å². The third-order valence-corrected chi connectivity index (χ3v) is 2.25. The van der Waals surface area contributed by atoms with Crippen molar-refractivity contribution in [1.82, 2.24) is 5.32 Å². The van der Waals surface area contributed by atoms with Gasteiger partial charge in [-0.3, -0.25) is 4.79 Å². The number of amides is 1. The van der Waals surface area contributed by atoms with Gasteiger partial charge >= 0.3 is 0 Å². The Morgan fingerprint density at radius 2 is 2.42 bits per heavy atom. The molecule has 0 aromatic heterocycles. The van der Waals surface area contributed by atoms with Crippen LogP contribution in [0.3, 0.4) is 0 Å². The van der Waals surface area contributed by atoms with E-state index in [1.165, 1.54) is 0 Å². The minimum atomic E-state index is -0.413. The van der Waals surface area contributed by atoms with Crippen LogP contribution in [-0.4, -0.2) is 24.5 Å². The first-order valence-corrected chi connectivity index (χ1v) is 4.30. The number of hydrogen-bond acceptors (Lipinski definition) is 3. The van der Waals surface area contributed by atoms with Crippen LogP contribution in [0.1, 0.15) is 19.8 Å². The highest BCUT2D eigenvalue weighted by atomic mass is 16.1. The van der Waals surface area contributed by atoms with Crippen molar-refractivity contribution in [3.63, 3.8) is 0 Å². The molecule has 0 aliphatic carbocycles. The molecule has 70 valence electrons. The number of hydrogen-bond donors (Lipinski definition) is 3. The summed E-state index contributed by atoms with van der Waals surface area (Å²) in [7, 11) is 0. The van der Waals surface area contributed by atoms with E-state index < -0.39 is 5.54 Å². The van der Waals surface area contributed by atoms with E-state index in [4.69, 9.17) is 11.5 Å². The Morgan fingerprint density at radius 3 is 2.92 bits per heavy atom. The molecule has 12 heavy (non-hydrogen) atoms. The molecule has 1 saturated heterocycles. The smallest absolute Gasteiger partial charge is 0.219 e. The van der Waals surface area contributed by atoms with E-state index in [2.05, 4.69) is 12.2 Å². The topological polar surface area (TPSA) is 81.1 Å². The lowest BCUT2D eigenvalue weighted by molar-refractivity contribution is -0.119. The average Bonchev–Trinajstić information content (AvgIpc) is 1.82. The average molecular weight is 171 g/mol. The predicted molar refractivity (Wildman–Crippen MR) is 47.4 cm³/mol. The van der Waals surface area contributed by atoms with E-state index in [0.29, 0.717) is 12.5 Å². The van der Waals surface area contributed by atoms with Gasteiger partial charge in [-0.2, -0.15) is 0 Å². The molecule has 0 bridgehead atoms. The molecule has 1 fully saturated rings. The molecule has 1 amide bonds. The summed E-state index contributed by atoms with van der Waals surface area (Å²) in [6, 6.07) is 0. The van der Waals surface area contributed by atoms with Crippen molar-refractivity contribution >= 4 is 5.91 Å². The molecular weight excluding hydrogens is 154 g/mol. The maximum absolute atomic E-state index is 10.7. The molecule has 2 atom stereocenters. The van der Waals surface area contributed by atoms with Crippen molar-refractivity contribution in [3.05, 3.63) is 0 Å². The Kier molecular flexibility index (Phi) is 2.69. The highest BCUT2D eigenvalue weighted by Gasteiger charge is 2.32. The third-order valence-electron chi connectivity index (χ3n) is 2.25. The van der Waals surface area contributed by atoms with Gasteiger partial charge in [-0.05, 0) is 18.9 Å². The monoisotopic (exact) mass is 171 g/mol. The lowest BCUT2D eigenvalue weighted by Crippen LogP contribution is -2.56. The third kappa shape index (κ3) is 2.46. The molecule has 2 unspecified atom stereocenters. The number of primary amides is 1. The summed E-state index contributed by atoms with van der Waals surface area (Å²) in [4.78, 5) is 10.7. The molecule has 4 nitrogen and oxygen atoms in total. The van der Waals surface area contributed by atoms with Gasteiger partial charge < -0.3 is 16.8 Å². The summed E-state index contributed by atoms with van der Waals surface area (Å²) < 4.78 is 0. The largest absolute Gasteiger partial charge is 0.370 e. The number of carbonyl (C=O) groups excluding carboxylic acids is 1. The molecule has 1 heterocycles. The van der Waals surface area contributed by atoms with Gasteiger partial charge in [0.15, 0.2) is 0 Å². The van der Waals surface area contributed by atoms with Gasteiger partial charge in [-0.1, -0.05) is 6.92 Å². The van der Waals surface area contributed by atoms with Gasteiger partial charge in [-0.25, -0.2) is 0 Å². The molecule has 1 aliphatic heterocycles. The van der Waals surface area contributed by atoms with E-state index in [-0.39, 0.29) is 12.3 Å². The van der Waals surface area contributed by atoms with Gasteiger partial charge in [0.05, 0.1) is 0 Å². The zero-order valence-corrected chi connectivity index (χ0v) is 7.47. The molecule has 0 radical (unpaired) electrons. The summed E-state index contributed by atoms with van der Waals surface area (Å²) in [6.07, 6.45) is 1.16. The van der Waals surface area contributed by atoms with Gasteiger partial charge in [0.2, 0.25) is 5.91 Å². The highest BCUT2D eigenvalue weighted by molar-refractivity contribution is 5.75. The number of piperidine rings is 1. The van der Waals surface area contributed by atoms with Crippen LogP contribution in [0.2, 0.25) is 0 Å². The Bertz CT molecular complexity index is 183. The summed E-state index contributed by atoms with van der Waals surface area (Å²) in [5.74, 6) is 0.219. The first-order chi connectivity index (χ1) is 5.52. The first kappa shape index (κ1) is 9.48. The second-order valence-corrected chi connectivity index (χ2v) is 3.95. The quantitative estimate of drug-likeness (QED) is 0.508. The van der Waals surface area contributed by atoms with E-state index in [1.807, 2.05) is 0 Å². The van der Waals surface area contributed by atoms with Crippen molar-refractivity contribution in [2.24, 2.45) is 17.4 Å². The molecule has 0 saturated carbocycles. The van der Waals surface area contributed by atoms with Crippen molar-refractivity contribution in [3.8, 4) is 0 Å². The van der Waals surface area contributed by atoms with Crippen molar-refractivity contribution in [2.45, 2.75) is 25.3 Å². The molecule has 0 aromatic rings. The molecule has 5 N–H and O–H groups in total. The van der Waals surface area contributed by atoms with Crippen LogP contribution in [0, 0.1) is 5.92 Å². The fourth-order valence-electron chi connectivity index (χ4n) is 1.89. The van der Waals surface area contributed by atoms with Crippen LogP contribution in [-0.2, 0) is 4.79 Å². The Labute approximate surface area is 72.7 Å². The zero-order valence-electron chi connectivity index (χ0n) is 7.47. The number of nitrogens with one attached hydrogen (secondary N) is 1. The predicted octanol–water partition coefficient (Wildman–Crippen LogP) is -0.811. The molecule has 1 rings (SSSR count). The van der Waals surface area contributed by atoms with Gasteiger partial charge in [-0.15, -0.1) is 0 Å². The Morgan fingerprint density at radius 1 is 1.75 bits per heavy atom. The van der Waals surface area contributed by atoms with E-state index in [1.54, 1.807) is 0 Å². The minimum absolute atomic E-state index is 0.282. The lowest BCUT2D eigenvalue weighted by Gasteiger charge is -2.36. The second kappa shape index (κ2) is 3.41. The van der Waals surface area contributed by atoms with Crippen molar-refractivity contribution in [2.75, 3.05) is 13.1 Å². The van der Waals surface area contributed by atoms with Crippen LogP contribution >= 0.6 is 0 Å². The Hall–Kier alpha value is -0.610. The summed E-state index contributed by atoms with van der Waals surface area (Å²) in [5.41, 5.74) is 10.7. The number of nitrogens with two attached hydrogens (primary N) is 2. The van der Waals surface area contributed by atoms with Crippen LogP contribution < -0.4 is 16.8 Å². The van der Waals surface area contributed by atoms with Gasteiger partial charge in [0.1, 0.15) is 0 Å². The standard InChI is InChI=1S/C8H17N3O/c1-6-2-8(10,3-7(9)12)5-11-4-6/h6,11H,2-5,10H2,1H3,(H2,9,12). The van der Waals surface area contributed by atoms with Gasteiger partial charge in [0, 0.05) is 18.5 Å². The first-order valence-electron chi connectivity index (χ1n) is 4.30. The maximum atomic E-state index is 10.7. The molecule has 0 aromatic carbocycles. The molecule has 1 aliphatic rings. The fraction of sp³-hybridized carbons (Fsp3) is 0.875. The van der Waals surface area contributed by atoms with Crippen LogP contribution in [0.5, 0.6) is 0 Å². The van der Waals surface area contributed by atoms with E-state index in [9.17, 15) is 4.79 Å². The van der Waals surface area contributed by atoms with Crippen LogP contribution in [0.4, 0.5) is 0 Å². The lowest BCUT2D eigenvalue weighted by atomic mass is 9.83. The van der Waals surface area contributed by atoms with Gasteiger partial charge in [0.25, 0.3) is 0 Å². The minimum Gasteiger partial charge on any atom is -0.370 e. The molecule has 4 heteroatoms. The summed E-state index contributed by atoms with van der Waals surface area (Å²) in [6.45, 7) is 3.80. The Balaban J connectivity index is 2.51. The number of rotatable bonds is 2. The zero-order chi connectivity index (χ0) is 9.19. The van der Waals surface area contributed by atoms with Crippen molar-refractivity contribution < 1.29 is 4.79 Å². The highest BCUT2D eigenvalue weighted by Crippen LogP contribution is 2.20. The summed E-state index contributed by atoms with van der Waals surface area (Å²) >= 11 is 0. The second-order valence-electron chi connectivity index (χ2n) is 3.95. The maximum Gasteiger partial charge on any atom is 0.219 e. The SMILES string of the molecule is CC1CNCC(N)(CC(N)=O)C1. The number of carbonyl (C=O) groups is 1. The van der Waals surface area contributed by atoms with E-state index >= 15 is 0 Å².